The number of hydrogen-bond acceptors (Lipinski definition) is 2. The van der Waals surface area contributed by atoms with Crippen molar-refractivity contribution < 1.29 is 18.3 Å². The standard InChI is InChI=1S/C26H26F3NO/c1-20(25(31)17-14-21-12-15-24(16-13-21)26(27,28)29)30(18-22-8-4-2-5-9-22)19-23-10-6-3-7-11-23/h2-17,20,25,31H,18-19H2,1H3/b17-14+/t20-,25-/m0/s1. The maximum absolute atomic E-state index is 12.7. The smallest absolute Gasteiger partial charge is 0.387 e. The Morgan fingerprint density at radius 2 is 1.29 bits per heavy atom. The Bertz CT molecular complexity index is 912. The van der Waals surface area contributed by atoms with Crippen LogP contribution < -0.4 is 0 Å². The van der Waals surface area contributed by atoms with Crippen LogP contribution >= 0.6 is 0 Å². The largest absolute Gasteiger partial charge is 0.416 e. The van der Waals surface area contributed by atoms with E-state index in [2.05, 4.69) is 29.2 Å². The summed E-state index contributed by atoms with van der Waals surface area (Å²) in [6.07, 6.45) is -1.85. The lowest BCUT2D eigenvalue weighted by atomic mass is 10.1. The minimum absolute atomic E-state index is 0.203. The van der Waals surface area contributed by atoms with Gasteiger partial charge in [-0.1, -0.05) is 84.9 Å². The zero-order valence-corrected chi connectivity index (χ0v) is 17.3. The second-order valence-corrected chi connectivity index (χ2v) is 7.59. The molecule has 0 aromatic heterocycles. The molecule has 162 valence electrons. The van der Waals surface area contributed by atoms with Crippen molar-refractivity contribution >= 4 is 6.08 Å². The number of aliphatic hydroxyl groups excluding tert-OH is 1. The van der Waals surface area contributed by atoms with Gasteiger partial charge < -0.3 is 5.11 Å². The molecule has 0 aliphatic carbocycles. The molecule has 3 aromatic rings. The van der Waals surface area contributed by atoms with Crippen LogP contribution in [0.15, 0.2) is 91.0 Å². The highest BCUT2D eigenvalue weighted by Crippen LogP contribution is 2.29. The first-order valence-corrected chi connectivity index (χ1v) is 10.2. The predicted molar refractivity (Wildman–Crippen MR) is 118 cm³/mol. The Balaban J connectivity index is 1.72. The van der Waals surface area contributed by atoms with Gasteiger partial charge in [-0.2, -0.15) is 13.2 Å². The molecule has 2 nitrogen and oxygen atoms in total. The number of benzene rings is 3. The molecule has 0 fully saturated rings. The van der Waals surface area contributed by atoms with Crippen molar-refractivity contribution in [1.82, 2.24) is 4.90 Å². The fourth-order valence-corrected chi connectivity index (χ4v) is 3.35. The zero-order valence-electron chi connectivity index (χ0n) is 17.3. The summed E-state index contributed by atoms with van der Waals surface area (Å²) in [5.41, 5.74) is 2.21. The molecule has 2 atom stereocenters. The van der Waals surface area contributed by atoms with Crippen LogP contribution in [-0.4, -0.2) is 22.2 Å². The SMILES string of the molecule is C[C@@H]([C@@H](O)/C=C/c1ccc(C(F)(F)F)cc1)N(Cc1ccccc1)Cc1ccccc1. The molecule has 5 heteroatoms. The fourth-order valence-electron chi connectivity index (χ4n) is 3.35. The van der Waals surface area contributed by atoms with Gasteiger partial charge >= 0.3 is 6.18 Å². The van der Waals surface area contributed by atoms with E-state index in [-0.39, 0.29) is 6.04 Å². The molecule has 3 rings (SSSR count). The second kappa shape index (κ2) is 10.4. The van der Waals surface area contributed by atoms with E-state index in [9.17, 15) is 18.3 Å². The summed E-state index contributed by atoms with van der Waals surface area (Å²) >= 11 is 0. The molecule has 0 aliphatic heterocycles. The number of aliphatic hydroxyl groups is 1. The van der Waals surface area contributed by atoms with Gasteiger partial charge in [0.25, 0.3) is 0 Å². The Morgan fingerprint density at radius 1 is 0.806 bits per heavy atom. The van der Waals surface area contributed by atoms with Gasteiger partial charge in [0.2, 0.25) is 0 Å². The molecule has 1 N–H and O–H groups in total. The van der Waals surface area contributed by atoms with Crippen LogP contribution in [-0.2, 0) is 19.3 Å². The van der Waals surface area contributed by atoms with Gasteiger partial charge in [0.1, 0.15) is 0 Å². The average Bonchev–Trinajstić information content (AvgIpc) is 2.77. The lowest BCUT2D eigenvalue weighted by Gasteiger charge is -2.31. The second-order valence-electron chi connectivity index (χ2n) is 7.59. The molecule has 0 amide bonds. The number of halogens is 3. The van der Waals surface area contributed by atoms with E-state index in [0.29, 0.717) is 18.7 Å². The van der Waals surface area contributed by atoms with Crippen LogP contribution in [0, 0.1) is 0 Å². The van der Waals surface area contributed by atoms with Crippen LogP contribution in [0.1, 0.15) is 29.2 Å². The number of hydrogen-bond donors (Lipinski definition) is 1. The van der Waals surface area contributed by atoms with Gasteiger partial charge in [-0.3, -0.25) is 4.90 Å². The van der Waals surface area contributed by atoms with Crippen molar-refractivity contribution in [3.8, 4) is 0 Å². The molecule has 0 saturated heterocycles. The summed E-state index contributed by atoms with van der Waals surface area (Å²) in [6.45, 7) is 3.29. The molecular weight excluding hydrogens is 399 g/mol. The highest BCUT2D eigenvalue weighted by molar-refractivity contribution is 5.50. The van der Waals surface area contributed by atoms with E-state index < -0.39 is 17.8 Å². The van der Waals surface area contributed by atoms with Crippen molar-refractivity contribution in [2.24, 2.45) is 0 Å². The van der Waals surface area contributed by atoms with Gasteiger partial charge in [-0.05, 0) is 35.7 Å². The topological polar surface area (TPSA) is 23.5 Å². The molecule has 0 heterocycles. The minimum Gasteiger partial charge on any atom is -0.387 e. The maximum atomic E-state index is 12.7. The first-order chi connectivity index (χ1) is 14.8. The summed E-state index contributed by atoms with van der Waals surface area (Å²) in [4.78, 5) is 2.19. The molecule has 0 saturated carbocycles. The lowest BCUT2D eigenvalue weighted by Crippen LogP contribution is -2.39. The van der Waals surface area contributed by atoms with Crippen LogP contribution in [0.4, 0.5) is 13.2 Å². The Morgan fingerprint density at radius 3 is 1.74 bits per heavy atom. The van der Waals surface area contributed by atoms with Crippen LogP contribution in [0.3, 0.4) is 0 Å². The first-order valence-electron chi connectivity index (χ1n) is 10.2. The van der Waals surface area contributed by atoms with Crippen LogP contribution in [0.25, 0.3) is 6.08 Å². The Hall–Kier alpha value is -2.89. The Labute approximate surface area is 181 Å². The monoisotopic (exact) mass is 425 g/mol. The number of rotatable bonds is 8. The third-order valence-corrected chi connectivity index (χ3v) is 5.25. The number of alkyl halides is 3. The third kappa shape index (κ3) is 6.81. The summed E-state index contributed by atoms with van der Waals surface area (Å²) in [5.74, 6) is 0. The molecule has 31 heavy (non-hydrogen) atoms. The van der Waals surface area contributed by atoms with Gasteiger partial charge in [0.15, 0.2) is 0 Å². The van der Waals surface area contributed by atoms with E-state index in [1.165, 1.54) is 12.1 Å². The normalized spacial score (nSPS) is 14.1. The molecule has 0 bridgehead atoms. The van der Waals surface area contributed by atoms with E-state index in [4.69, 9.17) is 0 Å². The number of nitrogens with zero attached hydrogens (tertiary/aromatic N) is 1. The lowest BCUT2D eigenvalue weighted by molar-refractivity contribution is -0.137. The van der Waals surface area contributed by atoms with E-state index in [1.54, 1.807) is 12.2 Å². The predicted octanol–water partition coefficient (Wildman–Crippen LogP) is 6.17. The highest BCUT2D eigenvalue weighted by atomic mass is 19.4. The first kappa shape index (κ1) is 22.8. The molecule has 0 radical (unpaired) electrons. The summed E-state index contributed by atoms with van der Waals surface area (Å²) < 4.78 is 38.2. The van der Waals surface area contributed by atoms with Crippen LogP contribution in [0.5, 0.6) is 0 Å². The molecule has 0 unspecified atom stereocenters. The average molecular weight is 425 g/mol. The van der Waals surface area contributed by atoms with Crippen molar-refractivity contribution in [1.29, 1.82) is 0 Å². The van der Waals surface area contributed by atoms with E-state index in [1.807, 2.05) is 43.3 Å². The van der Waals surface area contributed by atoms with Gasteiger partial charge in [0, 0.05) is 19.1 Å². The van der Waals surface area contributed by atoms with E-state index >= 15 is 0 Å². The van der Waals surface area contributed by atoms with Gasteiger partial charge in [-0.25, -0.2) is 0 Å². The highest BCUT2D eigenvalue weighted by Gasteiger charge is 2.29. The van der Waals surface area contributed by atoms with Crippen molar-refractivity contribution in [2.75, 3.05) is 0 Å². The molecule has 0 spiro atoms. The third-order valence-electron chi connectivity index (χ3n) is 5.25. The van der Waals surface area contributed by atoms with E-state index in [0.717, 1.165) is 23.3 Å². The summed E-state index contributed by atoms with van der Waals surface area (Å²) in [6, 6.07) is 24.8. The van der Waals surface area contributed by atoms with Crippen molar-refractivity contribution in [3.05, 3.63) is 113 Å². The fraction of sp³-hybridized carbons (Fsp3) is 0.231. The van der Waals surface area contributed by atoms with Crippen molar-refractivity contribution in [3.63, 3.8) is 0 Å². The maximum Gasteiger partial charge on any atom is 0.416 e. The van der Waals surface area contributed by atoms with Gasteiger partial charge in [0.05, 0.1) is 11.7 Å². The van der Waals surface area contributed by atoms with Crippen molar-refractivity contribution in [2.45, 2.75) is 38.3 Å². The summed E-state index contributed by atoms with van der Waals surface area (Å²) in [5, 5.41) is 10.8. The van der Waals surface area contributed by atoms with Gasteiger partial charge in [-0.15, -0.1) is 0 Å². The minimum atomic E-state index is -4.36. The molecule has 3 aromatic carbocycles. The summed E-state index contributed by atoms with van der Waals surface area (Å²) in [7, 11) is 0. The zero-order chi connectivity index (χ0) is 22.3. The molecule has 0 aliphatic rings. The quantitative estimate of drug-likeness (QED) is 0.467. The van der Waals surface area contributed by atoms with Crippen LogP contribution in [0.2, 0.25) is 0 Å². The molecular formula is C26H26F3NO. The Kier molecular flexibility index (Phi) is 7.66.